The predicted octanol–water partition coefficient (Wildman–Crippen LogP) is 0.231. The number of Topliss-reactive ketones (excluding diaryl/α,β-unsaturated/α-hetero) is 1. The van der Waals surface area contributed by atoms with Gasteiger partial charge in [-0.05, 0) is 12.8 Å². The summed E-state index contributed by atoms with van der Waals surface area (Å²) in [5, 5.41) is 8.04. The van der Waals surface area contributed by atoms with E-state index < -0.39 is 0 Å². The van der Waals surface area contributed by atoms with Crippen LogP contribution in [0.3, 0.4) is 0 Å². The van der Waals surface area contributed by atoms with Gasteiger partial charge in [0, 0.05) is 5.92 Å². The van der Waals surface area contributed by atoms with Crippen molar-refractivity contribution in [2.75, 3.05) is 0 Å². The molecule has 0 unspecified atom stereocenters. The van der Waals surface area contributed by atoms with Crippen molar-refractivity contribution in [1.29, 1.82) is 5.26 Å². The summed E-state index contributed by atoms with van der Waals surface area (Å²) < 4.78 is 0. The number of nitriles is 1. The summed E-state index contributed by atoms with van der Waals surface area (Å²) in [4.78, 5) is 10.6. The first-order valence-corrected chi connectivity index (χ1v) is 2.74. The molecule has 2 nitrogen and oxygen atoms in total. The van der Waals surface area contributed by atoms with Crippen LogP contribution in [0.1, 0.15) is 19.3 Å². The first-order valence-electron chi connectivity index (χ1n) is 2.74. The maximum atomic E-state index is 10.6. The van der Waals surface area contributed by atoms with Crippen molar-refractivity contribution in [2.24, 2.45) is 5.92 Å². The number of carbonyl (C=O) groups is 1. The van der Waals surface area contributed by atoms with Gasteiger partial charge in [-0.2, -0.15) is 5.26 Å². The molecule has 0 aromatic heterocycles. The van der Waals surface area contributed by atoms with Crippen LogP contribution in [0.15, 0.2) is 0 Å². The fourth-order valence-corrected chi connectivity index (χ4v) is 0.628. The molecule has 0 radical (unpaired) electrons. The molecule has 3 heteroatoms. The van der Waals surface area contributed by atoms with Crippen LogP contribution in [-0.2, 0) is 4.79 Å². The van der Waals surface area contributed by atoms with Gasteiger partial charge >= 0.3 is 29.6 Å². The topological polar surface area (TPSA) is 40.9 Å². The maximum absolute atomic E-state index is 10.6. The van der Waals surface area contributed by atoms with Gasteiger partial charge in [0.2, 0.25) is 0 Å². The molecule has 44 valence electrons. The normalized spacial score (nSPS) is 15.4. The van der Waals surface area contributed by atoms with Crippen molar-refractivity contribution >= 4 is 35.3 Å². The summed E-state index contributed by atoms with van der Waals surface area (Å²) in [6, 6.07) is 1.84. The zero-order valence-corrected chi connectivity index (χ0v) is 4.55. The zero-order valence-electron chi connectivity index (χ0n) is 4.55. The third-order valence-electron chi connectivity index (χ3n) is 1.29. The van der Waals surface area contributed by atoms with Crippen molar-refractivity contribution in [3.63, 3.8) is 0 Å². The third-order valence-corrected chi connectivity index (χ3v) is 1.29. The average Bonchev–Trinajstić information content (AvgIpc) is 2.45. The molecule has 0 spiro atoms. The third kappa shape index (κ3) is 3.00. The van der Waals surface area contributed by atoms with Gasteiger partial charge in [0.1, 0.15) is 5.78 Å². The van der Waals surface area contributed by atoms with Gasteiger partial charge in [0.05, 0.1) is 12.5 Å². The predicted molar refractivity (Wildman–Crippen MR) is 35.1 cm³/mol. The summed E-state index contributed by atoms with van der Waals surface area (Å²) >= 11 is 0. The monoisotopic (exact) mass is 133 g/mol. The zero-order chi connectivity index (χ0) is 5.98. The van der Waals surface area contributed by atoms with Crippen LogP contribution in [0, 0.1) is 17.2 Å². The van der Waals surface area contributed by atoms with Gasteiger partial charge < -0.3 is 0 Å². The number of rotatable bonds is 2. The molecular weight excluding hydrogens is 125 g/mol. The van der Waals surface area contributed by atoms with Crippen LogP contribution in [0.2, 0.25) is 0 Å². The van der Waals surface area contributed by atoms with Crippen LogP contribution >= 0.6 is 0 Å². The number of carbonyl (C=O) groups excluding carboxylic acids is 1. The summed E-state index contributed by atoms with van der Waals surface area (Å²) in [6.07, 6.45) is 2.14. The Balaban J connectivity index is 0.000000640. The summed E-state index contributed by atoms with van der Waals surface area (Å²) in [5.41, 5.74) is 0. The van der Waals surface area contributed by atoms with Crippen LogP contribution in [0.4, 0.5) is 0 Å². The van der Waals surface area contributed by atoms with Crippen LogP contribution < -0.4 is 0 Å². The molecule has 1 aliphatic carbocycles. The minimum atomic E-state index is 0. The molecule has 0 bridgehead atoms. The van der Waals surface area contributed by atoms with Crippen LogP contribution in [-0.4, -0.2) is 35.3 Å². The van der Waals surface area contributed by atoms with E-state index in [1.54, 1.807) is 0 Å². The summed E-state index contributed by atoms with van der Waals surface area (Å²) in [6.45, 7) is 0. The first kappa shape index (κ1) is 9.16. The van der Waals surface area contributed by atoms with Gasteiger partial charge in [-0.3, -0.25) is 4.79 Å². The molecule has 9 heavy (non-hydrogen) atoms. The second-order valence-corrected chi connectivity index (χ2v) is 2.08. The molecule has 0 amide bonds. The molecule has 0 aliphatic heterocycles. The van der Waals surface area contributed by atoms with Gasteiger partial charge in [0.25, 0.3) is 0 Å². The molecule has 0 aromatic carbocycles. The van der Waals surface area contributed by atoms with E-state index in [0.717, 1.165) is 12.8 Å². The molecular formula is C6H8NNaO. The molecule has 1 rings (SSSR count). The van der Waals surface area contributed by atoms with Crippen molar-refractivity contribution in [3.8, 4) is 6.07 Å². The Labute approximate surface area is 76.5 Å². The summed E-state index contributed by atoms with van der Waals surface area (Å²) in [7, 11) is 0. The Morgan fingerprint density at radius 2 is 2.22 bits per heavy atom. The quantitative estimate of drug-likeness (QED) is 0.506. The van der Waals surface area contributed by atoms with Crippen molar-refractivity contribution in [2.45, 2.75) is 19.3 Å². The second kappa shape index (κ2) is 4.05. The van der Waals surface area contributed by atoms with E-state index in [-0.39, 0.29) is 47.7 Å². The minimum absolute atomic E-state index is 0. The Bertz CT molecular complexity index is 146. The van der Waals surface area contributed by atoms with E-state index >= 15 is 0 Å². The molecule has 0 N–H and O–H groups in total. The molecule has 0 heterocycles. The van der Waals surface area contributed by atoms with Crippen LogP contribution in [0.25, 0.3) is 0 Å². The van der Waals surface area contributed by atoms with Crippen LogP contribution in [0.5, 0.6) is 0 Å². The number of hydrogen-bond donors (Lipinski definition) is 0. The van der Waals surface area contributed by atoms with Gasteiger partial charge in [-0.25, -0.2) is 0 Å². The van der Waals surface area contributed by atoms with Gasteiger partial charge in [-0.1, -0.05) is 0 Å². The molecule has 0 atom stereocenters. The fraction of sp³-hybridized carbons (Fsp3) is 0.667. The van der Waals surface area contributed by atoms with E-state index in [2.05, 4.69) is 0 Å². The van der Waals surface area contributed by atoms with E-state index in [0.29, 0.717) is 0 Å². The van der Waals surface area contributed by atoms with E-state index in [1.807, 2.05) is 6.07 Å². The Hall–Kier alpha value is 0.160. The standard InChI is InChI=1S/C6H7NO.Na.H/c7-4-3-6(8)5-1-2-5;;/h5H,1-3H2;;. The molecule has 1 saturated carbocycles. The van der Waals surface area contributed by atoms with E-state index in [4.69, 9.17) is 5.26 Å². The second-order valence-electron chi connectivity index (χ2n) is 2.08. The Morgan fingerprint density at radius 1 is 1.67 bits per heavy atom. The van der Waals surface area contributed by atoms with Gasteiger partial charge in [-0.15, -0.1) is 0 Å². The Kier molecular flexibility index (Phi) is 4.12. The molecule has 0 saturated heterocycles. The summed E-state index contributed by atoms with van der Waals surface area (Å²) in [5.74, 6) is 0.391. The van der Waals surface area contributed by atoms with E-state index in [1.165, 1.54) is 0 Å². The average molecular weight is 133 g/mol. The van der Waals surface area contributed by atoms with E-state index in [9.17, 15) is 4.79 Å². The SMILES string of the molecule is N#CCC(=O)C1CC1.[NaH]. The number of ketones is 1. The van der Waals surface area contributed by atoms with Crippen molar-refractivity contribution in [1.82, 2.24) is 0 Å². The van der Waals surface area contributed by atoms with Crippen molar-refractivity contribution < 1.29 is 4.79 Å². The molecule has 0 aromatic rings. The first-order chi connectivity index (χ1) is 3.84. The molecule has 1 fully saturated rings. The number of hydrogen-bond acceptors (Lipinski definition) is 2. The van der Waals surface area contributed by atoms with Gasteiger partial charge in [0.15, 0.2) is 0 Å². The Morgan fingerprint density at radius 3 is 2.56 bits per heavy atom. The molecule has 1 aliphatic rings. The number of nitrogens with zero attached hydrogens (tertiary/aromatic N) is 1. The van der Waals surface area contributed by atoms with Crippen molar-refractivity contribution in [3.05, 3.63) is 0 Å². The fourth-order valence-electron chi connectivity index (χ4n) is 0.628.